The van der Waals surface area contributed by atoms with E-state index in [1.54, 1.807) is 37.4 Å². The zero-order valence-corrected chi connectivity index (χ0v) is 20.0. The van der Waals surface area contributed by atoms with Crippen LogP contribution in [0.3, 0.4) is 0 Å². The summed E-state index contributed by atoms with van der Waals surface area (Å²) in [5.41, 5.74) is 4.78. The fraction of sp³-hybridized carbons (Fsp3) is 0.280. The first kappa shape index (κ1) is 23.9. The van der Waals surface area contributed by atoms with Gasteiger partial charge in [0.2, 0.25) is 0 Å². The SMILES string of the molecule is CCS(=O)(=O)c1cccc(-c2cc(C(=O)NCC(O)CO)c(C)c3[nH]c4ncc(C)cc4c23)c1. The van der Waals surface area contributed by atoms with Crippen molar-refractivity contribution in [2.45, 2.75) is 31.8 Å². The van der Waals surface area contributed by atoms with Crippen LogP contribution in [0.5, 0.6) is 0 Å². The quantitative estimate of drug-likeness (QED) is 0.321. The molecular weight excluding hydrogens is 454 g/mol. The first-order valence-electron chi connectivity index (χ1n) is 11.0. The second kappa shape index (κ2) is 9.17. The van der Waals surface area contributed by atoms with Gasteiger partial charge in [-0.2, -0.15) is 0 Å². The van der Waals surface area contributed by atoms with Gasteiger partial charge in [-0.1, -0.05) is 19.1 Å². The predicted molar refractivity (Wildman–Crippen MR) is 132 cm³/mol. The minimum Gasteiger partial charge on any atom is -0.394 e. The molecule has 0 aliphatic heterocycles. The Kier molecular flexibility index (Phi) is 6.44. The molecule has 0 saturated carbocycles. The number of carbonyl (C=O) groups is 1. The van der Waals surface area contributed by atoms with Gasteiger partial charge < -0.3 is 20.5 Å². The van der Waals surface area contributed by atoms with E-state index < -0.39 is 28.5 Å². The van der Waals surface area contributed by atoms with Gasteiger partial charge in [0, 0.05) is 29.1 Å². The Bertz CT molecular complexity index is 1510. The lowest BCUT2D eigenvalue weighted by Gasteiger charge is -2.14. The summed E-state index contributed by atoms with van der Waals surface area (Å²) >= 11 is 0. The lowest BCUT2D eigenvalue weighted by atomic mass is 9.93. The van der Waals surface area contributed by atoms with E-state index in [1.807, 2.05) is 26.0 Å². The molecule has 2 aromatic heterocycles. The summed E-state index contributed by atoms with van der Waals surface area (Å²) in [6.07, 6.45) is 0.689. The fourth-order valence-corrected chi connectivity index (χ4v) is 4.98. The first-order chi connectivity index (χ1) is 16.2. The number of pyridine rings is 1. The van der Waals surface area contributed by atoms with Crippen molar-refractivity contribution in [2.24, 2.45) is 0 Å². The number of nitrogens with one attached hydrogen (secondary N) is 2. The maximum atomic E-state index is 13.0. The number of aromatic nitrogens is 2. The number of H-pyrrole nitrogens is 1. The van der Waals surface area contributed by atoms with E-state index in [2.05, 4.69) is 15.3 Å². The van der Waals surface area contributed by atoms with Gasteiger partial charge in [-0.25, -0.2) is 13.4 Å². The van der Waals surface area contributed by atoms with Crippen molar-refractivity contribution < 1.29 is 23.4 Å². The van der Waals surface area contributed by atoms with Gasteiger partial charge in [-0.05, 0) is 60.4 Å². The molecule has 0 aliphatic carbocycles. The van der Waals surface area contributed by atoms with Gasteiger partial charge in [0.05, 0.1) is 28.9 Å². The van der Waals surface area contributed by atoms with Gasteiger partial charge in [0.25, 0.3) is 5.91 Å². The molecule has 9 heteroatoms. The van der Waals surface area contributed by atoms with Crippen molar-refractivity contribution in [3.63, 3.8) is 0 Å². The van der Waals surface area contributed by atoms with E-state index in [0.717, 1.165) is 21.9 Å². The van der Waals surface area contributed by atoms with Gasteiger partial charge >= 0.3 is 0 Å². The first-order valence-corrected chi connectivity index (χ1v) is 12.6. The summed E-state index contributed by atoms with van der Waals surface area (Å²) < 4.78 is 25.1. The predicted octanol–water partition coefficient (Wildman–Crippen LogP) is 2.88. The smallest absolute Gasteiger partial charge is 0.251 e. The summed E-state index contributed by atoms with van der Waals surface area (Å²) in [4.78, 5) is 21.0. The molecule has 34 heavy (non-hydrogen) atoms. The molecule has 0 radical (unpaired) electrons. The van der Waals surface area contributed by atoms with Gasteiger partial charge in [-0.15, -0.1) is 0 Å². The van der Waals surface area contributed by atoms with E-state index in [0.29, 0.717) is 27.9 Å². The Labute approximate surface area is 197 Å². The summed E-state index contributed by atoms with van der Waals surface area (Å²) in [5.74, 6) is -0.426. The Morgan fingerprint density at radius 3 is 2.68 bits per heavy atom. The summed E-state index contributed by atoms with van der Waals surface area (Å²) in [6.45, 7) is 4.81. The Balaban J connectivity index is 2.00. The number of rotatable bonds is 7. The third-order valence-corrected chi connectivity index (χ3v) is 7.69. The number of fused-ring (bicyclic) bond motifs is 3. The van der Waals surface area contributed by atoms with Crippen molar-refractivity contribution in [3.8, 4) is 11.1 Å². The van der Waals surface area contributed by atoms with E-state index >= 15 is 0 Å². The minimum absolute atomic E-state index is 0.0171. The van der Waals surface area contributed by atoms with Crippen LogP contribution in [0.4, 0.5) is 0 Å². The molecule has 4 rings (SSSR count). The van der Waals surface area contributed by atoms with E-state index in [9.17, 15) is 18.3 Å². The topological polar surface area (TPSA) is 132 Å². The highest BCUT2D eigenvalue weighted by molar-refractivity contribution is 7.91. The lowest BCUT2D eigenvalue weighted by Crippen LogP contribution is -2.34. The molecule has 2 heterocycles. The van der Waals surface area contributed by atoms with Crippen LogP contribution in [0.1, 0.15) is 28.4 Å². The number of aliphatic hydroxyl groups is 2. The van der Waals surface area contributed by atoms with Crippen LogP contribution in [-0.2, 0) is 9.84 Å². The number of aryl methyl sites for hydroxylation is 2. The summed E-state index contributed by atoms with van der Waals surface area (Å²) in [7, 11) is -3.42. The second-order valence-electron chi connectivity index (χ2n) is 8.36. The van der Waals surface area contributed by atoms with Crippen LogP contribution in [0, 0.1) is 13.8 Å². The van der Waals surface area contributed by atoms with Crippen molar-refractivity contribution in [2.75, 3.05) is 18.9 Å². The van der Waals surface area contributed by atoms with Crippen molar-refractivity contribution in [3.05, 3.63) is 59.3 Å². The molecular formula is C25H27N3O5S. The average molecular weight is 482 g/mol. The standard InChI is InChI=1S/C25H27N3O5S/c1-4-34(32,33)18-7-5-6-16(9-18)20-10-19(25(31)27-12-17(30)13-29)15(3)23-22(20)21-8-14(2)11-26-24(21)28-23/h5-11,17,29-30H,4,12-13H2,1-3H3,(H,26,28)(H,27,31). The van der Waals surface area contributed by atoms with Crippen molar-refractivity contribution in [1.82, 2.24) is 15.3 Å². The van der Waals surface area contributed by atoms with Crippen molar-refractivity contribution >= 4 is 37.7 Å². The zero-order chi connectivity index (χ0) is 24.6. The maximum Gasteiger partial charge on any atom is 0.251 e. The Hall–Kier alpha value is -3.27. The van der Waals surface area contributed by atoms with Crippen LogP contribution in [0.2, 0.25) is 0 Å². The molecule has 1 unspecified atom stereocenters. The molecule has 2 aromatic carbocycles. The third-order valence-electron chi connectivity index (χ3n) is 5.96. The Morgan fingerprint density at radius 1 is 1.21 bits per heavy atom. The average Bonchev–Trinajstić information content (AvgIpc) is 3.22. The lowest BCUT2D eigenvalue weighted by molar-refractivity contribution is 0.0801. The van der Waals surface area contributed by atoms with E-state index in [-0.39, 0.29) is 17.2 Å². The molecule has 178 valence electrons. The number of nitrogens with zero attached hydrogens (tertiary/aromatic N) is 1. The molecule has 8 nitrogen and oxygen atoms in total. The largest absolute Gasteiger partial charge is 0.394 e. The van der Waals surface area contributed by atoms with Crippen LogP contribution < -0.4 is 5.32 Å². The zero-order valence-electron chi connectivity index (χ0n) is 19.2. The van der Waals surface area contributed by atoms with E-state index in [4.69, 9.17) is 5.11 Å². The highest BCUT2D eigenvalue weighted by atomic mass is 32.2. The van der Waals surface area contributed by atoms with Crippen LogP contribution in [0.15, 0.2) is 47.5 Å². The highest BCUT2D eigenvalue weighted by Crippen LogP contribution is 2.38. The number of sulfone groups is 1. The number of hydrogen-bond acceptors (Lipinski definition) is 6. The number of aliphatic hydroxyl groups excluding tert-OH is 2. The third kappa shape index (κ3) is 4.29. The molecule has 0 aliphatic rings. The van der Waals surface area contributed by atoms with Crippen LogP contribution in [-0.4, -0.2) is 59.5 Å². The number of carbonyl (C=O) groups excluding carboxylic acids is 1. The van der Waals surface area contributed by atoms with Gasteiger partial charge in [0.1, 0.15) is 5.65 Å². The van der Waals surface area contributed by atoms with Crippen LogP contribution in [0.25, 0.3) is 33.1 Å². The fourth-order valence-electron chi connectivity index (χ4n) is 4.05. The number of benzene rings is 2. The molecule has 0 saturated heterocycles. The molecule has 4 aromatic rings. The van der Waals surface area contributed by atoms with Crippen molar-refractivity contribution in [1.29, 1.82) is 0 Å². The molecule has 1 amide bonds. The second-order valence-corrected chi connectivity index (χ2v) is 10.6. The summed E-state index contributed by atoms with van der Waals surface area (Å²) in [6, 6.07) is 10.5. The molecule has 0 fully saturated rings. The summed E-state index contributed by atoms with van der Waals surface area (Å²) in [5, 5.41) is 23.1. The minimum atomic E-state index is -3.42. The Morgan fingerprint density at radius 2 is 1.97 bits per heavy atom. The maximum absolute atomic E-state index is 13.0. The number of aromatic amines is 1. The monoisotopic (exact) mass is 481 g/mol. The molecule has 0 spiro atoms. The highest BCUT2D eigenvalue weighted by Gasteiger charge is 2.21. The molecule has 0 bridgehead atoms. The molecule has 1 atom stereocenters. The van der Waals surface area contributed by atoms with E-state index in [1.165, 1.54) is 0 Å². The van der Waals surface area contributed by atoms with Crippen LogP contribution >= 0.6 is 0 Å². The number of amides is 1. The normalized spacial score (nSPS) is 12.9. The number of hydrogen-bond donors (Lipinski definition) is 4. The molecule has 4 N–H and O–H groups in total. The van der Waals surface area contributed by atoms with Gasteiger partial charge in [0.15, 0.2) is 9.84 Å². The van der Waals surface area contributed by atoms with Gasteiger partial charge in [-0.3, -0.25) is 4.79 Å².